The first-order valence-corrected chi connectivity index (χ1v) is 4.46. The van der Waals surface area contributed by atoms with Gasteiger partial charge in [0.05, 0.1) is 0 Å². The van der Waals surface area contributed by atoms with Crippen LogP contribution in [0.4, 0.5) is 0 Å². The zero-order chi connectivity index (χ0) is 8.60. The summed E-state index contributed by atoms with van der Waals surface area (Å²) in [6.45, 7) is 0. The molecule has 0 saturated heterocycles. The highest BCUT2D eigenvalue weighted by molar-refractivity contribution is 4.91. The molecule has 4 nitrogen and oxygen atoms in total. The molecular weight excluding hydrogens is 160 g/mol. The summed E-state index contributed by atoms with van der Waals surface area (Å²) in [5.74, 6) is -0.216. The first-order chi connectivity index (χ1) is 5.80. The van der Waals surface area contributed by atoms with Crippen LogP contribution in [-0.2, 0) is 9.78 Å². The average Bonchev–Trinajstić information content (AvgIpc) is 2.52. The number of fused-ring (bicyclic) bond motifs is 2. The fourth-order valence-corrected chi connectivity index (χ4v) is 2.60. The molecule has 2 N–H and O–H groups in total. The Morgan fingerprint density at radius 2 is 1.83 bits per heavy atom. The van der Waals surface area contributed by atoms with Gasteiger partial charge in [0.1, 0.15) is 0 Å². The van der Waals surface area contributed by atoms with Crippen LogP contribution in [0.1, 0.15) is 32.1 Å². The Hall–Kier alpha value is -0.160. The zero-order valence-electron chi connectivity index (χ0n) is 6.90. The normalized spacial score (nSPS) is 38.5. The summed E-state index contributed by atoms with van der Waals surface area (Å²) in [5.41, 5.74) is 0. The molecule has 2 atom stereocenters. The molecule has 0 amide bonds. The van der Waals surface area contributed by atoms with Gasteiger partial charge in [0, 0.05) is 12.3 Å². The highest BCUT2D eigenvalue weighted by Crippen LogP contribution is 2.49. The Balaban J connectivity index is 2.13. The van der Waals surface area contributed by atoms with Gasteiger partial charge in [0.15, 0.2) is 0 Å². The van der Waals surface area contributed by atoms with Crippen molar-refractivity contribution in [2.24, 2.45) is 11.8 Å². The van der Waals surface area contributed by atoms with Gasteiger partial charge in [-0.15, -0.1) is 0 Å². The standard InChI is InChI=1S/C8H14O4/c9-11-8(12-10)4-3-6-1-2-7(8)5-6/h6-7,9-10H,1-5H2/t6-,7+/m1/s1. The van der Waals surface area contributed by atoms with Crippen molar-refractivity contribution >= 4 is 0 Å². The summed E-state index contributed by atoms with van der Waals surface area (Å²) in [5, 5.41) is 17.4. The molecule has 0 unspecified atom stereocenters. The molecular formula is C8H14O4. The highest BCUT2D eigenvalue weighted by Gasteiger charge is 2.50. The summed E-state index contributed by atoms with van der Waals surface area (Å²) >= 11 is 0. The molecule has 0 heterocycles. The van der Waals surface area contributed by atoms with E-state index >= 15 is 0 Å². The third-order valence-electron chi connectivity index (χ3n) is 3.37. The predicted octanol–water partition coefficient (Wildman–Crippen LogP) is 1.87. The van der Waals surface area contributed by atoms with Gasteiger partial charge >= 0.3 is 0 Å². The molecule has 0 aliphatic heterocycles. The molecule has 0 aromatic heterocycles. The van der Waals surface area contributed by atoms with E-state index in [0.29, 0.717) is 6.42 Å². The van der Waals surface area contributed by atoms with Crippen LogP contribution < -0.4 is 0 Å². The first kappa shape index (κ1) is 8.44. The summed E-state index contributed by atoms with van der Waals surface area (Å²) in [6, 6.07) is 0. The SMILES string of the molecule is OOC1(OO)CC[C@H]2CC[C@H]1C2. The lowest BCUT2D eigenvalue weighted by atomic mass is 9.84. The third-order valence-corrected chi connectivity index (χ3v) is 3.37. The number of rotatable bonds is 2. The quantitative estimate of drug-likeness (QED) is 0.381. The van der Waals surface area contributed by atoms with Gasteiger partial charge in [-0.3, -0.25) is 0 Å². The van der Waals surface area contributed by atoms with Crippen molar-refractivity contribution in [2.45, 2.75) is 37.9 Å². The summed E-state index contributed by atoms with van der Waals surface area (Å²) < 4.78 is 0. The molecule has 2 saturated carbocycles. The molecule has 0 aromatic rings. The number of hydrogen-bond donors (Lipinski definition) is 2. The third kappa shape index (κ3) is 1.07. The Bertz CT molecular complexity index is 166. The predicted molar refractivity (Wildman–Crippen MR) is 40.2 cm³/mol. The van der Waals surface area contributed by atoms with E-state index in [1.54, 1.807) is 0 Å². The molecule has 4 heteroatoms. The van der Waals surface area contributed by atoms with E-state index in [1.807, 2.05) is 0 Å². The molecule has 2 bridgehead atoms. The average molecular weight is 174 g/mol. The van der Waals surface area contributed by atoms with Crippen molar-refractivity contribution < 1.29 is 20.3 Å². The van der Waals surface area contributed by atoms with Gasteiger partial charge < -0.3 is 0 Å². The van der Waals surface area contributed by atoms with E-state index in [1.165, 1.54) is 6.42 Å². The van der Waals surface area contributed by atoms with Crippen LogP contribution >= 0.6 is 0 Å². The lowest BCUT2D eigenvalue weighted by molar-refractivity contribution is -0.504. The molecule has 70 valence electrons. The largest absolute Gasteiger partial charge is 0.249 e. The second-order valence-corrected chi connectivity index (χ2v) is 3.91. The second-order valence-electron chi connectivity index (χ2n) is 3.91. The smallest absolute Gasteiger partial charge is 0.236 e. The molecule has 0 spiro atoms. The highest BCUT2D eigenvalue weighted by atomic mass is 17.2. The van der Waals surface area contributed by atoms with E-state index < -0.39 is 5.79 Å². The van der Waals surface area contributed by atoms with Gasteiger partial charge in [-0.2, -0.15) is 0 Å². The maximum Gasteiger partial charge on any atom is 0.236 e. The van der Waals surface area contributed by atoms with Crippen molar-refractivity contribution in [3.05, 3.63) is 0 Å². The maximum absolute atomic E-state index is 8.68. The Labute approximate surface area is 71.0 Å². The molecule has 0 radical (unpaired) electrons. The number of hydrogen-bond acceptors (Lipinski definition) is 4. The van der Waals surface area contributed by atoms with Gasteiger partial charge in [0.2, 0.25) is 5.79 Å². The minimum Gasteiger partial charge on any atom is -0.249 e. The minimum absolute atomic E-state index is 0.159. The second kappa shape index (κ2) is 2.96. The lowest BCUT2D eigenvalue weighted by Crippen LogP contribution is -2.43. The van der Waals surface area contributed by atoms with Gasteiger partial charge in [-0.1, -0.05) is 0 Å². The molecule has 12 heavy (non-hydrogen) atoms. The van der Waals surface area contributed by atoms with Crippen LogP contribution in [0.5, 0.6) is 0 Å². The summed E-state index contributed by atoms with van der Waals surface area (Å²) in [7, 11) is 0. The molecule has 2 aliphatic rings. The Morgan fingerprint density at radius 3 is 2.50 bits per heavy atom. The van der Waals surface area contributed by atoms with Gasteiger partial charge in [-0.05, 0) is 31.6 Å². The van der Waals surface area contributed by atoms with Crippen LogP contribution in [-0.4, -0.2) is 16.3 Å². The summed E-state index contributed by atoms with van der Waals surface area (Å²) in [4.78, 5) is 8.57. The fourth-order valence-electron chi connectivity index (χ4n) is 2.60. The maximum atomic E-state index is 8.68. The topological polar surface area (TPSA) is 58.9 Å². The lowest BCUT2D eigenvalue weighted by Gasteiger charge is -2.35. The van der Waals surface area contributed by atoms with Crippen molar-refractivity contribution in [3.63, 3.8) is 0 Å². The van der Waals surface area contributed by atoms with Crippen molar-refractivity contribution in [3.8, 4) is 0 Å². The summed E-state index contributed by atoms with van der Waals surface area (Å²) in [6.07, 6.45) is 4.71. The van der Waals surface area contributed by atoms with E-state index in [9.17, 15) is 0 Å². The molecule has 0 aromatic carbocycles. The monoisotopic (exact) mass is 174 g/mol. The zero-order valence-corrected chi connectivity index (χ0v) is 6.90. The van der Waals surface area contributed by atoms with Crippen LogP contribution in [0.15, 0.2) is 0 Å². The van der Waals surface area contributed by atoms with Gasteiger partial charge in [-0.25, -0.2) is 20.3 Å². The van der Waals surface area contributed by atoms with Crippen molar-refractivity contribution in [1.29, 1.82) is 0 Å². The van der Waals surface area contributed by atoms with Crippen LogP contribution in [0.3, 0.4) is 0 Å². The minimum atomic E-state index is -1.12. The van der Waals surface area contributed by atoms with E-state index in [4.69, 9.17) is 10.5 Å². The van der Waals surface area contributed by atoms with Crippen LogP contribution in [0, 0.1) is 11.8 Å². The fraction of sp³-hybridized carbons (Fsp3) is 1.00. The van der Waals surface area contributed by atoms with E-state index in [0.717, 1.165) is 25.2 Å². The van der Waals surface area contributed by atoms with Crippen molar-refractivity contribution in [1.82, 2.24) is 0 Å². The van der Waals surface area contributed by atoms with Crippen molar-refractivity contribution in [2.75, 3.05) is 0 Å². The first-order valence-electron chi connectivity index (χ1n) is 4.46. The molecule has 2 rings (SSSR count). The van der Waals surface area contributed by atoms with Gasteiger partial charge in [0.25, 0.3) is 0 Å². The molecule has 2 fully saturated rings. The van der Waals surface area contributed by atoms with E-state index in [-0.39, 0.29) is 5.92 Å². The Kier molecular flexibility index (Phi) is 2.08. The Morgan fingerprint density at radius 1 is 1.08 bits per heavy atom. The van der Waals surface area contributed by atoms with Crippen LogP contribution in [0.25, 0.3) is 0 Å². The van der Waals surface area contributed by atoms with E-state index in [2.05, 4.69) is 9.78 Å². The molecule has 2 aliphatic carbocycles. The van der Waals surface area contributed by atoms with Crippen LogP contribution in [0.2, 0.25) is 0 Å².